The molecule has 5 heteroatoms. The second-order valence-corrected chi connectivity index (χ2v) is 6.03. The van der Waals surface area contributed by atoms with E-state index in [0.717, 1.165) is 18.7 Å². The van der Waals surface area contributed by atoms with Crippen molar-refractivity contribution in [1.82, 2.24) is 15.1 Å². The molecule has 2 rings (SSSR count). The van der Waals surface area contributed by atoms with Crippen molar-refractivity contribution in [3.63, 3.8) is 0 Å². The summed E-state index contributed by atoms with van der Waals surface area (Å²) in [6, 6.07) is 0. The van der Waals surface area contributed by atoms with Gasteiger partial charge in [-0.05, 0) is 44.8 Å². The summed E-state index contributed by atoms with van der Waals surface area (Å²) in [6.07, 6.45) is 6.18. The van der Waals surface area contributed by atoms with E-state index >= 15 is 0 Å². The number of likely N-dealkylation sites (N-methyl/N-ethyl adjacent to an activating group) is 1. The number of rotatable bonds is 4. The third-order valence-electron chi connectivity index (χ3n) is 4.05. The number of hydrogen-bond acceptors (Lipinski definition) is 3. The highest BCUT2D eigenvalue weighted by Gasteiger charge is 2.24. The minimum absolute atomic E-state index is 0.0226. The van der Waals surface area contributed by atoms with Crippen LogP contribution in [0.5, 0.6) is 0 Å². The summed E-state index contributed by atoms with van der Waals surface area (Å²) in [7, 11) is 3.46. The first-order chi connectivity index (χ1) is 9.99. The first-order valence-corrected chi connectivity index (χ1v) is 7.63. The lowest BCUT2D eigenvalue weighted by Gasteiger charge is -2.26. The molecule has 1 heterocycles. The highest BCUT2D eigenvalue weighted by atomic mass is 16.2. The molecular formula is C16H25N3O2. The standard InChI is InChI=1S/C16H25N3O2/c1-12-7-8-13(16(21)18(2)3)15(12)17-14(20)11-19-9-5-4-6-10-19/h7H,4-6,8-11H2,1-3H3,(H,17,20). The Hall–Kier alpha value is -1.62. The van der Waals surface area contributed by atoms with Gasteiger partial charge in [0.15, 0.2) is 0 Å². The maximum Gasteiger partial charge on any atom is 0.251 e. The average Bonchev–Trinajstić information content (AvgIpc) is 2.80. The van der Waals surface area contributed by atoms with Gasteiger partial charge in [0, 0.05) is 19.7 Å². The Kier molecular flexibility index (Phi) is 5.17. The van der Waals surface area contributed by atoms with Gasteiger partial charge in [0.05, 0.1) is 12.2 Å². The minimum Gasteiger partial charge on any atom is -0.345 e. The van der Waals surface area contributed by atoms with Crippen LogP contribution in [0.15, 0.2) is 22.9 Å². The molecule has 0 spiro atoms. The van der Waals surface area contributed by atoms with Crippen LogP contribution in [0.25, 0.3) is 0 Å². The molecule has 1 saturated heterocycles. The zero-order valence-electron chi connectivity index (χ0n) is 13.2. The number of hydrogen-bond donors (Lipinski definition) is 1. The predicted octanol–water partition coefficient (Wildman–Crippen LogP) is 1.28. The van der Waals surface area contributed by atoms with Gasteiger partial charge in [0.2, 0.25) is 5.91 Å². The fraction of sp³-hybridized carbons (Fsp3) is 0.625. The molecular weight excluding hydrogens is 266 g/mol. The first kappa shape index (κ1) is 15.8. The summed E-state index contributed by atoms with van der Waals surface area (Å²) in [4.78, 5) is 28.1. The molecule has 1 fully saturated rings. The lowest BCUT2D eigenvalue weighted by atomic mass is 10.1. The van der Waals surface area contributed by atoms with Crippen LogP contribution in [0.2, 0.25) is 0 Å². The number of allylic oxidation sites excluding steroid dienone is 2. The van der Waals surface area contributed by atoms with Crippen molar-refractivity contribution in [2.75, 3.05) is 33.7 Å². The van der Waals surface area contributed by atoms with Gasteiger partial charge in [-0.25, -0.2) is 0 Å². The van der Waals surface area contributed by atoms with Gasteiger partial charge in [-0.15, -0.1) is 0 Å². The molecule has 21 heavy (non-hydrogen) atoms. The monoisotopic (exact) mass is 291 g/mol. The molecule has 0 unspecified atom stereocenters. The summed E-state index contributed by atoms with van der Waals surface area (Å²) >= 11 is 0. The lowest BCUT2D eigenvalue weighted by Crippen LogP contribution is -2.40. The topological polar surface area (TPSA) is 52.7 Å². The SMILES string of the molecule is CC1=CCC(C(=O)N(C)C)=C1NC(=O)CN1CCCCC1. The number of nitrogens with one attached hydrogen (secondary N) is 1. The summed E-state index contributed by atoms with van der Waals surface area (Å²) in [5.74, 6) is -0.0537. The van der Waals surface area contributed by atoms with Crippen LogP contribution in [0.3, 0.4) is 0 Å². The van der Waals surface area contributed by atoms with Gasteiger partial charge in [-0.2, -0.15) is 0 Å². The van der Waals surface area contributed by atoms with Crippen LogP contribution < -0.4 is 5.32 Å². The van der Waals surface area contributed by atoms with Gasteiger partial charge in [-0.3, -0.25) is 14.5 Å². The molecule has 0 aromatic heterocycles. The molecule has 0 radical (unpaired) electrons. The zero-order chi connectivity index (χ0) is 15.4. The van der Waals surface area contributed by atoms with E-state index in [1.165, 1.54) is 19.3 Å². The molecule has 5 nitrogen and oxygen atoms in total. The van der Waals surface area contributed by atoms with E-state index in [1.807, 2.05) is 13.0 Å². The quantitative estimate of drug-likeness (QED) is 0.849. The Morgan fingerprint density at radius 1 is 1.24 bits per heavy atom. The molecule has 1 N–H and O–H groups in total. The molecule has 0 aromatic rings. The van der Waals surface area contributed by atoms with Crippen LogP contribution in [0, 0.1) is 0 Å². The fourth-order valence-electron chi connectivity index (χ4n) is 2.84. The van der Waals surface area contributed by atoms with Crippen molar-refractivity contribution in [3.8, 4) is 0 Å². The van der Waals surface area contributed by atoms with Gasteiger partial charge < -0.3 is 10.2 Å². The van der Waals surface area contributed by atoms with Crippen molar-refractivity contribution in [2.45, 2.75) is 32.6 Å². The van der Waals surface area contributed by atoms with Crippen LogP contribution in [0.4, 0.5) is 0 Å². The molecule has 2 amide bonds. The Morgan fingerprint density at radius 3 is 2.52 bits per heavy atom. The van der Waals surface area contributed by atoms with Crippen molar-refractivity contribution in [1.29, 1.82) is 0 Å². The van der Waals surface area contributed by atoms with E-state index in [2.05, 4.69) is 10.2 Å². The van der Waals surface area contributed by atoms with Gasteiger partial charge in [0.1, 0.15) is 0 Å². The number of carbonyl (C=O) groups excluding carboxylic acids is 2. The lowest BCUT2D eigenvalue weighted by molar-refractivity contribution is -0.124. The average molecular weight is 291 g/mol. The molecule has 0 atom stereocenters. The maximum atomic E-state index is 12.2. The molecule has 0 aromatic carbocycles. The Balaban J connectivity index is 2.01. The third kappa shape index (κ3) is 3.94. The summed E-state index contributed by atoms with van der Waals surface area (Å²) in [5, 5.41) is 2.95. The van der Waals surface area contributed by atoms with E-state index in [9.17, 15) is 9.59 Å². The molecule has 2 aliphatic rings. The van der Waals surface area contributed by atoms with Gasteiger partial charge in [0.25, 0.3) is 5.91 Å². The maximum absolute atomic E-state index is 12.2. The van der Waals surface area contributed by atoms with E-state index in [0.29, 0.717) is 24.2 Å². The molecule has 1 aliphatic heterocycles. The van der Waals surface area contributed by atoms with E-state index < -0.39 is 0 Å². The highest BCUT2D eigenvalue weighted by Crippen LogP contribution is 2.25. The Bertz CT molecular complexity index is 486. The van der Waals surface area contributed by atoms with Crippen molar-refractivity contribution in [3.05, 3.63) is 22.9 Å². The Labute approximate surface area is 126 Å². The third-order valence-corrected chi connectivity index (χ3v) is 4.05. The number of nitrogens with zero attached hydrogens (tertiary/aromatic N) is 2. The van der Waals surface area contributed by atoms with Crippen molar-refractivity contribution >= 4 is 11.8 Å². The van der Waals surface area contributed by atoms with Crippen LogP contribution >= 0.6 is 0 Å². The van der Waals surface area contributed by atoms with E-state index in [-0.39, 0.29) is 11.8 Å². The predicted molar refractivity (Wildman–Crippen MR) is 82.5 cm³/mol. The number of likely N-dealkylation sites (tertiary alicyclic amines) is 1. The number of amides is 2. The normalized spacial score (nSPS) is 19.5. The molecule has 116 valence electrons. The highest BCUT2D eigenvalue weighted by molar-refractivity contribution is 5.97. The summed E-state index contributed by atoms with van der Waals surface area (Å²) in [5.41, 5.74) is 2.37. The molecule has 0 saturated carbocycles. The van der Waals surface area contributed by atoms with Crippen LogP contribution in [0.1, 0.15) is 32.6 Å². The minimum atomic E-state index is -0.0311. The van der Waals surface area contributed by atoms with E-state index in [4.69, 9.17) is 0 Å². The number of piperidine rings is 1. The smallest absolute Gasteiger partial charge is 0.251 e. The van der Waals surface area contributed by atoms with Crippen LogP contribution in [-0.2, 0) is 9.59 Å². The largest absolute Gasteiger partial charge is 0.345 e. The first-order valence-electron chi connectivity index (χ1n) is 7.63. The van der Waals surface area contributed by atoms with Crippen molar-refractivity contribution < 1.29 is 9.59 Å². The second kappa shape index (κ2) is 6.89. The zero-order valence-corrected chi connectivity index (χ0v) is 13.2. The summed E-state index contributed by atoms with van der Waals surface area (Å²) in [6.45, 7) is 4.34. The second-order valence-electron chi connectivity index (χ2n) is 6.03. The number of carbonyl (C=O) groups is 2. The molecule has 0 bridgehead atoms. The Morgan fingerprint density at radius 2 is 1.90 bits per heavy atom. The van der Waals surface area contributed by atoms with Crippen LogP contribution in [-0.4, -0.2) is 55.3 Å². The van der Waals surface area contributed by atoms with Gasteiger partial charge in [-0.1, -0.05) is 12.5 Å². The van der Waals surface area contributed by atoms with Crippen molar-refractivity contribution in [2.24, 2.45) is 0 Å². The molecule has 1 aliphatic carbocycles. The van der Waals surface area contributed by atoms with E-state index in [1.54, 1.807) is 19.0 Å². The van der Waals surface area contributed by atoms with Gasteiger partial charge >= 0.3 is 0 Å². The fourth-order valence-corrected chi connectivity index (χ4v) is 2.84. The summed E-state index contributed by atoms with van der Waals surface area (Å²) < 4.78 is 0.